The monoisotopic (exact) mass is 352 g/mol. The van der Waals surface area contributed by atoms with Gasteiger partial charge in [0, 0.05) is 19.1 Å². The Morgan fingerprint density at radius 1 is 1.24 bits per heavy atom. The summed E-state index contributed by atoms with van der Waals surface area (Å²) in [5, 5.41) is 10.9. The van der Waals surface area contributed by atoms with Gasteiger partial charge in [-0.1, -0.05) is 12.1 Å². The first-order valence-electron chi connectivity index (χ1n) is 8.15. The number of nitriles is 1. The minimum atomic E-state index is -0.101. The highest BCUT2D eigenvalue weighted by atomic mass is 32.1. The number of imidazole rings is 1. The maximum atomic E-state index is 12.6. The Kier molecular flexibility index (Phi) is 3.90. The number of amides is 1. The third kappa shape index (κ3) is 2.65. The number of fused-ring (bicyclic) bond motifs is 1. The van der Waals surface area contributed by atoms with Crippen LogP contribution in [0.3, 0.4) is 0 Å². The average Bonchev–Trinajstić information content (AvgIpc) is 3.24. The minimum Gasteiger partial charge on any atom is -0.338 e. The van der Waals surface area contributed by atoms with Gasteiger partial charge in [0.1, 0.15) is 10.9 Å². The minimum absolute atomic E-state index is 0.0754. The van der Waals surface area contributed by atoms with Crippen molar-refractivity contribution in [1.29, 1.82) is 5.26 Å². The molecule has 0 spiro atoms. The molecule has 1 aliphatic heterocycles. The highest BCUT2D eigenvalue weighted by molar-refractivity contribution is 7.12. The van der Waals surface area contributed by atoms with Crippen molar-refractivity contribution in [3.05, 3.63) is 56.6 Å². The number of thiophene rings is 1. The maximum Gasteiger partial charge on any atom is 0.326 e. The van der Waals surface area contributed by atoms with Gasteiger partial charge in [-0.2, -0.15) is 5.26 Å². The Labute approximate surface area is 147 Å². The Balaban J connectivity index is 1.54. The molecule has 0 atom stereocenters. The van der Waals surface area contributed by atoms with E-state index < -0.39 is 0 Å². The summed E-state index contributed by atoms with van der Waals surface area (Å²) in [5.74, 6) is -0.0868. The number of H-pyrrole nitrogens is 1. The molecule has 1 aromatic carbocycles. The number of hydrogen-bond acceptors (Lipinski definition) is 4. The molecule has 126 valence electrons. The first-order chi connectivity index (χ1) is 12.2. The molecule has 2 aromatic heterocycles. The Bertz CT molecular complexity index is 1030. The van der Waals surface area contributed by atoms with Crippen molar-refractivity contribution in [2.45, 2.75) is 18.9 Å². The zero-order valence-electron chi connectivity index (χ0n) is 13.4. The van der Waals surface area contributed by atoms with Crippen molar-refractivity contribution in [2.75, 3.05) is 13.1 Å². The van der Waals surface area contributed by atoms with Gasteiger partial charge >= 0.3 is 5.69 Å². The van der Waals surface area contributed by atoms with E-state index in [1.165, 1.54) is 11.3 Å². The van der Waals surface area contributed by atoms with Gasteiger partial charge in [-0.15, -0.1) is 11.3 Å². The molecule has 0 aliphatic carbocycles. The van der Waals surface area contributed by atoms with Crippen molar-refractivity contribution >= 4 is 28.3 Å². The van der Waals surface area contributed by atoms with Crippen LogP contribution in [-0.2, 0) is 0 Å². The van der Waals surface area contributed by atoms with E-state index in [1.54, 1.807) is 16.3 Å². The van der Waals surface area contributed by atoms with Crippen LogP contribution < -0.4 is 5.69 Å². The number of carbonyl (C=O) groups is 1. The molecule has 1 amide bonds. The van der Waals surface area contributed by atoms with E-state index in [1.807, 2.05) is 28.8 Å². The molecule has 1 aliphatic rings. The topological polar surface area (TPSA) is 81.9 Å². The summed E-state index contributed by atoms with van der Waals surface area (Å²) in [7, 11) is 0. The summed E-state index contributed by atoms with van der Waals surface area (Å²) in [6.45, 7) is 1.16. The Morgan fingerprint density at radius 3 is 2.76 bits per heavy atom. The van der Waals surface area contributed by atoms with Crippen molar-refractivity contribution < 1.29 is 4.79 Å². The zero-order valence-corrected chi connectivity index (χ0v) is 14.3. The van der Waals surface area contributed by atoms with Crippen LogP contribution in [0.15, 0.2) is 40.5 Å². The fraction of sp³-hybridized carbons (Fsp3) is 0.278. The maximum absolute atomic E-state index is 12.6. The number of nitrogens with one attached hydrogen (secondary N) is 1. The van der Waals surface area contributed by atoms with Gasteiger partial charge in [-0.05, 0) is 36.4 Å². The lowest BCUT2D eigenvalue weighted by Gasteiger charge is -2.32. The number of aromatic amines is 1. The summed E-state index contributed by atoms with van der Waals surface area (Å²) >= 11 is 1.30. The lowest BCUT2D eigenvalue weighted by molar-refractivity contribution is 0.0699. The molecule has 0 radical (unpaired) electrons. The van der Waals surface area contributed by atoms with Gasteiger partial charge < -0.3 is 9.88 Å². The molecule has 1 N–H and O–H groups in total. The SMILES string of the molecule is N#Cc1ccsc1C(=O)N1CCC(n2c(=O)[nH]c3ccccc32)CC1. The molecule has 25 heavy (non-hydrogen) atoms. The first-order valence-corrected chi connectivity index (χ1v) is 9.03. The predicted octanol–water partition coefficient (Wildman–Crippen LogP) is 2.74. The molecule has 4 rings (SSSR count). The number of hydrogen-bond donors (Lipinski definition) is 1. The van der Waals surface area contributed by atoms with Crippen LogP contribution in [0.25, 0.3) is 11.0 Å². The largest absolute Gasteiger partial charge is 0.338 e. The Hall–Kier alpha value is -2.85. The summed E-state index contributed by atoms with van der Waals surface area (Å²) in [6.07, 6.45) is 1.45. The number of nitrogens with zero attached hydrogens (tertiary/aromatic N) is 3. The van der Waals surface area contributed by atoms with E-state index in [9.17, 15) is 9.59 Å². The Morgan fingerprint density at radius 2 is 2.00 bits per heavy atom. The molecular formula is C18H16N4O2S. The van der Waals surface area contributed by atoms with Gasteiger partial charge in [0.05, 0.1) is 16.6 Å². The molecule has 6 nitrogen and oxygen atoms in total. The van der Waals surface area contributed by atoms with Crippen molar-refractivity contribution in [3.8, 4) is 6.07 Å². The van der Waals surface area contributed by atoms with Crippen LogP contribution in [-0.4, -0.2) is 33.4 Å². The molecule has 0 saturated carbocycles. The normalized spacial score (nSPS) is 15.4. The third-order valence-corrected chi connectivity index (χ3v) is 5.62. The molecule has 3 aromatic rings. The average molecular weight is 352 g/mol. The number of rotatable bonds is 2. The van der Waals surface area contributed by atoms with Crippen LogP contribution in [0, 0.1) is 11.3 Å². The lowest BCUT2D eigenvalue weighted by atomic mass is 10.0. The van der Waals surface area contributed by atoms with Gasteiger partial charge in [0.15, 0.2) is 0 Å². The van der Waals surface area contributed by atoms with Gasteiger partial charge in [0.25, 0.3) is 5.91 Å². The van der Waals surface area contributed by atoms with Crippen LogP contribution in [0.4, 0.5) is 0 Å². The predicted molar refractivity (Wildman–Crippen MR) is 95.8 cm³/mol. The van der Waals surface area contributed by atoms with Gasteiger partial charge in [-0.25, -0.2) is 4.79 Å². The number of aromatic nitrogens is 2. The number of benzene rings is 1. The van der Waals surface area contributed by atoms with Crippen molar-refractivity contribution in [2.24, 2.45) is 0 Å². The van der Waals surface area contributed by atoms with E-state index in [-0.39, 0.29) is 17.6 Å². The van der Waals surface area contributed by atoms with E-state index in [4.69, 9.17) is 5.26 Å². The zero-order chi connectivity index (χ0) is 17.4. The van der Waals surface area contributed by atoms with E-state index in [0.29, 0.717) is 23.5 Å². The van der Waals surface area contributed by atoms with Crippen LogP contribution in [0.5, 0.6) is 0 Å². The standard InChI is InChI=1S/C18H16N4O2S/c19-11-12-7-10-25-16(12)17(23)21-8-5-13(6-9-21)22-15-4-2-1-3-14(15)20-18(22)24/h1-4,7,10,13H,5-6,8-9H2,(H,20,24). The highest BCUT2D eigenvalue weighted by Crippen LogP contribution is 2.27. The van der Waals surface area contributed by atoms with E-state index in [0.717, 1.165) is 23.9 Å². The van der Waals surface area contributed by atoms with Crippen molar-refractivity contribution in [3.63, 3.8) is 0 Å². The number of para-hydroxylation sites is 2. The molecule has 0 bridgehead atoms. The van der Waals surface area contributed by atoms with E-state index in [2.05, 4.69) is 11.1 Å². The highest BCUT2D eigenvalue weighted by Gasteiger charge is 2.28. The van der Waals surface area contributed by atoms with Gasteiger partial charge in [0.2, 0.25) is 0 Å². The van der Waals surface area contributed by atoms with Crippen molar-refractivity contribution in [1.82, 2.24) is 14.5 Å². The summed E-state index contributed by atoms with van der Waals surface area (Å²) < 4.78 is 1.81. The smallest absolute Gasteiger partial charge is 0.326 e. The third-order valence-electron chi connectivity index (χ3n) is 4.72. The van der Waals surface area contributed by atoms with Crippen LogP contribution in [0.1, 0.15) is 34.1 Å². The summed E-state index contributed by atoms with van der Waals surface area (Å²) in [4.78, 5) is 30.1. The molecular weight excluding hydrogens is 336 g/mol. The first kappa shape index (κ1) is 15.7. The molecule has 7 heteroatoms. The molecule has 1 saturated heterocycles. The molecule has 3 heterocycles. The number of piperidine rings is 1. The fourth-order valence-corrected chi connectivity index (χ4v) is 4.28. The van der Waals surface area contributed by atoms with Gasteiger partial charge in [-0.3, -0.25) is 9.36 Å². The molecule has 0 unspecified atom stereocenters. The second-order valence-electron chi connectivity index (χ2n) is 6.12. The fourth-order valence-electron chi connectivity index (χ4n) is 3.47. The van der Waals surface area contributed by atoms with E-state index >= 15 is 0 Å². The second-order valence-corrected chi connectivity index (χ2v) is 7.03. The number of carbonyl (C=O) groups excluding carboxylic acids is 1. The molecule has 1 fully saturated rings. The summed E-state index contributed by atoms with van der Waals surface area (Å²) in [5.41, 5.74) is 2.08. The lowest BCUT2D eigenvalue weighted by Crippen LogP contribution is -2.40. The number of likely N-dealkylation sites (tertiary alicyclic amines) is 1. The summed E-state index contributed by atoms with van der Waals surface area (Å²) in [6, 6.07) is 11.5. The second kappa shape index (κ2) is 6.22. The quantitative estimate of drug-likeness (QED) is 0.770. The van der Waals surface area contributed by atoms with Crippen LogP contribution in [0.2, 0.25) is 0 Å². The van der Waals surface area contributed by atoms with Crippen LogP contribution >= 0.6 is 11.3 Å².